The summed E-state index contributed by atoms with van der Waals surface area (Å²) < 4.78 is 24.9. The largest absolute Gasteiger partial charge is 0.464 e. The average molecular weight is 348 g/mol. The molecule has 2 amide bonds. The second kappa shape index (κ2) is 5.71. The van der Waals surface area contributed by atoms with Gasteiger partial charge in [-0.3, -0.25) is 0 Å². The SMILES string of the molecule is O=C(O)N(c1cccs1)S(=O)(=O)N(C(=O)O)c1cccs1. The van der Waals surface area contributed by atoms with Crippen molar-refractivity contribution in [3.05, 3.63) is 35.0 Å². The molecule has 0 bridgehead atoms. The van der Waals surface area contributed by atoms with E-state index in [0.717, 1.165) is 22.7 Å². The highest BCUT2D eigenvalue weighted by Crippen LogP contribution is 2.31. The molecule has 2 N–H and O–H groups in total. The molecule has 112 valence electrons. The number of amides is 2. The number of nitrogens with zero attached hydrogens (tertiary/aromatic N) is 2. The molecule has 0 aliphatic rings. The van der Waals surface area contributed by atoms with Gasteiger partial charge < -0.3 is 10.2 Å². The van der Waals surface area contributed by atoms with Crippen molar-refractivity contribution >= 4 is 55.1 Å². The first-order valence-electron chi connectivity index (χ1n) is 5.24. The van der Waals surface area contributed by atoms with Gasteiger partial charge in [-0.25, -0.2) is 9.59 Å². The van der Waals surface area contributed by atoms with Crippen LogP contribution in [0.2, 0.25) is 0 Å². The number of hydrogen-bond donors (Lipinski definition) is 2. The molecule has 2 heterocycles. The Hall–Kier alpha value is -2.11. The van der Waals surface area contributed by atoms with Gasteiger partial charge in [-0.05, 0) is 35.0 Å². The predicted octanol–water partition coefficient (Wildman–Crippen LogP) is 2.72. The summed E-state index contributed by atoms with van der Waals surface area (Å²) in [5.74, 6) is 0. The van der Waals surface area contributed by atoms with Crippen LogP contribution >= 0.6 is 22.7 Å². The molecule has 0 unspecified atom stereocenters. The third-order valence-electron chi connectivity index (χ3n) is 2.22. The summed E-state index contributed by atoms with van der Waals surface area (Å²) in [5, 5.41) is 21.0. The predicted molar refractivity (Wildman–Crippen MR) is 78.6 cm³/mol. The van der Waals surface area contributed by atoms with Crippen molar-refractivity contribution in [2.45, 2.75) is 0 Å². The highest BCUT2D eigenvalue weighted by molar-refractivity contribution is 7.96. The van der Waals surface area contributed by atoms with Crippen LogP contribution in [0.15, 0.2) is 35.0 Å². The van der Waals surface area contributed by atoms with Crippen molar-refractivity contribution in [1.82, 2.24) is 0 Å². The molecular formula is C10H8N2O6S3. The van der Waals surface area contributed by atoms with Crippen molar-refractivity contribution in [2.24, 2.45) is 0 Å². The van der Waals surface area contributed by atoms with E-state index in [1.54, 1.807) is 0 Å². The maximum Gasteiger partial charge on any atom is 0.428 e. The minimum atomic E-state index is -4.82. The Kier molecular flexibility index (Phi) is 4.16. The standard InChI is InChI=1S/C10H8N2O6S3/c13-9(14)11(7-3-1-5-19-7)21(17,18)12(10(15)16)8-4-2-6-20-8/h1-6H,(H,13,14)(H,15,16). The molecule has 0 radical (unpaired) electrons. The molecule has 0 atom stereocenters. The molecule has 0 aliphatic heterocycles. The van der Waals surface area contributed by atoms with Crippen LogP contribution in [0.1, 0.15) is 0 Å². The molecule has 21 heavy (non-hydrogen) atoms. The normalized spacial score (nSPS) is 11.0. The van der Waals surface area contributed by atoms with Gasteiger partial charge in [0.05, 0.1) is 0 Å². The third kappa shape index (κ3) is 2.84. The van der Waals surface area contributed by atoms with Crippen LogP contribution in [0.5, 0.6) is 0 Å². The molecule has 0 aliphatic carbocycles. The minimum Gasteiger partial charge on any atom is -0.464 e. The van der Waals surface area contributed by atoms with E-state index in [9.17, 15) is 18.0 Å². The van der Waals surface area contributed by atoms with Gasteiger partial charge in [0.2, 0.25) is 0 Å². The lowest BCUT2D eigenvalue weighted by Crippen LogP contribution is -2.48. The van der Waals surface area contributed by atoms with Crippen LogP contribution in [-0.2, 0) is 10.2 Å². The first-order valence-corrected chi connectivity index (χ1v) is 8.39. The zero-order valence-corrected chi connectivity index (χ0v) is 12.6. The molecule has 0 saturated carbocycles. The van der Waals surface area contributed by atoms with Crippen molar-refractivity contribution in [1.29, 1.82) is 0 Å². The van der Waals surface area contributed by atoms with Crippen LogP contribution in [0, 0.1) is 0 Å². The molecule has 0 aromatic carbocycles. The highest BCUT2D eigenvalue weighted by Gasteiger charge is 2.40. The summed E-state index contributed by atoms with van der Waals surface area (Å²) in [6.45, 7) is 0. The van der Waals surface area contributed by atoms with E-state index >= 15 is 0 Å². The molecule has 0 spiro atoms. The van der Waals surface area contributed by atoms with E-state index in [4.69, 9.17) is 10.2 Å². The Labute approximate surface area is 127 Å². The molecular weight excluding hydrogens is 340 g/mol. The van der Waals surface area contributed by atoms with Crippen LogP contribution in [0.4, 0.5) is 19.6 Å². The van der Waals surface area contributed by atoms with Crippen molar-refractivity contribution in [3.8, 4) is 0 Å². The topological polar surface area (TPSA) is 115 Å². The maximum atomic E-state index is 12.4. The fourth-order valence-corrected chi connectivity index (χ4v) is 4.68. The lowest BCUT2D eigenvalue weighted by molar-refractivity contribution is 0.205. The average Bonchev–Trinajstić information content (AvgIpc) is 3.00. The number of thiophene rings is 2. The van der Waals surface area contributed by atoms with Gasteiger partial charge in [0.15, 0.2) is 0 Å². The van der Waals surface area contributed by atoms with Gasteiger partial charge in [0, 0.05) is 0 Å². The smallest absolute Gasteiger partial charge is 0.428 e. The summed E-state index contributed by atoms with van der Waals surface area (Å²) in [6.07, 6.45) is -3.58. The molecule has 2 rings (SSSR count). The van der Waals surface area contributed by atoms with E-state index < -0.39 is 22.4 Å². The Morgan fingerprint density at radius 2 is 1.29 bits per heavy atom. The quantitative estimate of drug-likeness (QED) is 0.878. The van der Waals surface area contributed by atoms with E-state index in [1.165, 1.54) is 35.0 Å². The highest BCUT2D eigenvalue weighted by atomic mass is 32.2. The van der Waals surface area contributed by atoms with Gasteiger partial charge in [-0.15, -0.1) is 31.3 Å². The van der Waals surface area contributed by atoms with Gasteiger partial charge in [0.1, 0.15) is 10.0 Å². The number of carbonyl (C=O) groups is 2. The molecule has 11 heteroatoms. The first-order chi connectivity index (χ1) is 9.85. The Morgan fingerprint density at radius 1 is 0.905 bits per heavy atom. The van der Waals surface area contributed by atoms with E-state index in [-0.39, 0.29) is 18.6 Å². The summed E-state index contributed by atoms with van der Waals surface area (Å²) >= 11 is 1.72. The summed E-state index contributed by atoms with van der Waals surface area (Å²) in [4.78, 5) is 22.6. The van der Waals surface area contributed by atoms with Crippen molar-refractivity contribution < 1.29 is 28.2 Å². The molecule has 0 fully saturated rings. The molecule has 2 aromatic rings. The van der Waals surface area contributed by atoms with Crippen LogP contribution in [0.3, 0.4) is 0 Å². The maximum absolute atomic E-state index is 12.4. The molecule has 8 nitrogen and oxygen atoms in total. The van der Waals surface area contributed by atoms with Crippen LogP contribution < -0.4 is 8.61 Å². The fraction of sp³-hybridized carbons (Fsp3) is 0. The number of carboxylic acid groups (broad SMARTS) is 2. The zero-order valence-electron chi connectivity index (χ0n) is 10.1. The minimum absolute atomic E-state index is 0.0332. The molecule has 0 saturated heterocycles. The monoisotopic (exact) mass is 348 g/mol. The number of anilines is 2. The van der Waals surface area contributed by atoms with Crippen LogP contribution in [0.25, 0.3) is 0 Å². The lowest BCUT2D eigenvalue weighted by Gasteiger charge is -2.24. The first kappa shape index (κ1) is 15.3. The lowest BCUT2D eigenvalue weighted by atomic mass is 10.6. The Bertz CT molecular complexity index is 680. The number of hydrogen-bond acceptors (Lipinski definition) is 6. The summed E-state index contributed by atoms with van der Waals surface area (Å²) in [5.41, 5.74) is 0. The van der Waals surface area contributed by atoms with Gasteiger partial charge in [-0.2, -0.15) is 8.42 Å². The summed E-state index contributed by atoms with van der Waals surface area (Å²) in [6, 6.07) is 5.46. The van der Waals surface area contributed by atoms with Gasteiger partial charge >= 0.3 is 22.4 Å². The molecule has 2 aromatic heterocycles. The number of rotatable bonds is 4. The second-order valence-corrected chi connectivity index (χ2v) is 6.98. The Morgan fingerprint density at radius 3 is 1.52 bits per heavy atom. The van der Waals surface area contributed by atoms with Gasteiger partial charge in [-0.1, -0.05) is 0 Å². The van der Waals surface area contributed by atoms with E-state index in [0.29, 0.717) is 0 Å². The second-order valence-electron chi connectivity index (χ2n) is 3.50. The third-order valence-corrected chi connectivity index (χ3v) is 5.79. The van der Waals surface area contributed by atoms with Crippen molar-refractivity contribution in [2.75, 3.05) is 8.61 Å². The van der Waals surface area contributed by atoms with E-state index in [1.807, 2.05) is 0 Å². The zero-order chi connectivity index (χ0) is 15.6. The van der Waals surface area contributed by atoms with Crippen molar-refractivity contribution in [3.63, 3.8) is 0 Å². The van der Waals surface area contributed by atoms with Crippen LogP contribution in [-0.4, -0.2) is 30.8 Å². The summed E-state index contributed by atoms with van der Waals surface area (Å²) in [7, 11) is -4.82. The van der Waals surface area contributed by atoms with Gasteiger partial charge in [0.25, 0.3) is 0 Å². The Balaban J connectivity index is 2.56. The fourth-order valence-electron chi connectivity index (χ4n) is 1.47. The van der Waals surface area contributed by atoms with E-state index in [2.05, 4.69) is 0 Å².